The number of carbonyl (C=O) groups is 1. The van der Waals surface area contributed by atoms with Gasteiger partial charge in [0.15, 0.2) is 0 Å². The molecule has 30 heavy (non-hydrogen) atoms. The first-order valence-corrected chi connectivity index (χ1v) is 9.53. The van der Waals surface area contributed by atoms with Crippen LogP contribution in [-0.4, -0.2) is 23.2 Å². The van der Waals surface area contributed by atoms with Crippen LogP contribution in [0.1, 0.15) is 17.0 Å². The molecule has 1 unspecified atom stereocenters. The van der Waals surface area contributed by atoms with E-state index in [1.165, 1.54) is 12.0 Å². The molecule has 6 nitrogen and oxygen atoms in total. The van der Waals surface area contributed by atoms with Crippen LogP contribution in [0, 0.1) is 11.3 Å². The number of hydrogen-bond donors (Lipinski definition) is 1. The zero-order valence-electron chi connectivity index (χ0n) is 16.0. The van der Waals surface area contributed by atoms with Gasteiger partial charge in [-0.15, -0.1) is 0 Å². The lowest BCUT2D eigenvalue weighted by atomic mass is 9.81. The first-order chi connectivity index (χ1) is 14.6. The summed E-state index contributed by atoms with van der Waals surface area (Å²) in [4.78, 5) is 14.1. The maximum absolute atomic E-state index is 12.7. The fraction of sp³-hybridized carbons (Fsp3) is 0.0870. The number of benzene rings is 2. The molecular weight excluding hydrogens is 398 g/mol. The van der Waals surface area contributed by atoms with Crippen molar-refractivity contribution in [1.29, 1.82) is 5.26 Å². The van der Waals surface area contributed by atoms with Crippen molar-refractivity contribution < 1.29 is 14.3 Å². The topological polar surface area (TPSA) is 88.6 Å². The minimum atomic E-state index is -0.691. The van der Waals surface area contributed by atoms with E-state index in [4.69, 9.17) is 27.4 Å². The summed E-state index contributed by atoms with van der Waals surface area (Å²) < 4.78 is 10.8. The molecule has 0 radical (unpaired) electrons. The Labute approximate surface area is 179 Å². The summed E-state index contributed by atoms with van der Waals surface area (Å²) in [5, 5.41) is 10.1. The number of thiocarbonyl (C=S) groups is 1. The Hall–Kier alpha value is -3.89. The van der Waals surface area contributed by atoms with Crippen molar-refractivity contribution in [1.82, 2.24) is 4.90 Å². The van der Waals surface area contributed by atoms with Crippen LogP contribution in [-0.2, 0) is 14.3 Å². The van der Waals surface area contributed by atoms with Gasteiger partial charge >= 0.3 is 5.97 Å². The highest BCUT2D eigenvalue weighted by molar-refractivity contribution is 7.80. The maximum atomic E-state index is 12.7. The van der Waals surface area contributed by atoms with Gasteiger partial charge in [-0.05, 0) is 17.8 Å². The molecule has 2 aromatic rings. The van der Waals surface area contributed by atoms with Gasteiger partial charge < -0.3 is 15.2 Å². The summed E-state index contributed by atoms with van der Waals surface area (Å²) in [5.41, 5.74) is 8.90. The zero-order valence-corrected chi connectivity index (χ0v) is 16.8. The normalized spacial score (nSPS) is 18.3. The van der Waals surface area contributed by atoms with Crippen LogP contribution in [0.15, 0.2) is 89.4 Å². The largest absolute Gasteiger partial charge is 0.466 e. The van der Waals surface area contributed by atoms with E-state index in [9.17, 15) is 10.1 Å². The second-order valence-corrected chi connectivity index (χ2v) is 6.97. The lowest BCUT2D eigenvalue weighted by Gasteiger charge is -2.38. The Morgan fingerprint density at radius 2 is 1.80 bits per heavy atom. The van der Waals surface area contributed by atoms with Crippen LogP contribution in [0.5, 0.6) is 0 Å². The molecule has 2 N–H and O–H groups in total. The van der Waals surface area contributed by atoms with Crippen LogP contribution in [0.3, 0.4) is 0 Å². The third-order valence-electron chi connectivity index (χ3n) is 4.98. The summed E-state index contributed by atoms with van der Waals surface area (Å²) in [6.45, 7) is 0. The van der Waals surface area contributed by atoms with Gasteiger partial charge in [-0.25, -0.2) is 4.79 Å². The number of nitrogens with zero attached hydrogens (tertiary/aromatic N) is 2. The average Bonchev–Trinajstić information content (AvgIpc) is 2.79. The standard InChI is InChI=1S/C23H17N3O3S/c1-28-22(27)20-19(15-10-6-3-7-11-15)16(13-24)17-12-18(14-8-4-2-5-9-14)29-23(30)26(17)21(20)25/h2-12,19H,25H2,1H3. The molecule has 0 spiro atoms. The van der Waals surface area contributed by atoms with E-state index in [-0.39, 0.29) is 16.6 Å². The highest BCUT2D eigenvalue weighted by Gasteiger charge is 2.42. The number of nitriles is 1. The first-order valence-electron chi connectivity index (χ1n) is 9.13. The van der Waals surface area contributed by atoms with Crippen molar-refractivity contribution in [2.45, 2.75) is 5.92 Å². The molecule has 4 rings (SSSR count). The van der Waals surface area contributed by atoms with Crippen molar-refractivity contribution in [2.75, 3.05) is 7.11 Å². The molecule has 0 saturated heterocycles. The minimum absolute atomic E-state index is 0.0320. The Balaban J connectivity index is 1.98. The molecule has 2 heterocycles. The quantitative estimate of drug-likeness (QED) is 0.606. The Bertz CT molecular complexity index is 1160. The molecule has 0 bridgehead atoms. The van der Waals surface area contributed by atoms with Gasteiger partial charge in [-0.3, -0.25) is 4.90 Å². The molecule has 2 aliphatic rings. The maximum Gasteiger partial charge on any atom is 0.338 e. The monoisotopic (exact) mass is 415 g/mol. The van der Waals surface area contributed by atoms with Gasteiger partial charge in [0, 0.05) is 11.6 Å². The number of esters is 1. The second kappa shape index (κ2) is 7.85. The summed E-state index contributed by atoms with van der Waals surface area (Å²) in [6, 6.07) is 20.9. The van der Waals surface area contributed by atoms with Crippen LogP contribution < -0.4 is 5.73 Å². The van der Waals surface area contributed by atoms with Crippen molar-refractivity contribution in [3.63, 3.8) is 0 Å². The number of fused-ring (bicyclic) bond motifs is 1. The molecule has 2 aromatic carbocycles. The third kappa shape index (κ3) is 3.13. The molecule has 0 fully saturated rings. The Kier molecular flexibility index (Phi) is 5.09. The molecule has 0 amide bonds. The van der Waals surface area contributed by atoms with E-state index >= 15 is 0 Å². The SMILES string of the molecule is COC(=O)C1=C(N)N2C(=S)OC(c3ccccc3)=CC2=C(C#N)C1c1ccccc1. The van der Waals surface area contributed by atoms with E-state index < -0.39 is 11.9 Å². The molecule has 0 aromatic heterocycles. The van der Waals surface area contributed by atoms with Crippen LogP contribution >= 0.6 is 12.2 Å². The van der Waals surface area contributed by atoms with Gasteiger partial charge in [0.1, 0.15) is 11.6 Å². The zero-order chi connectivity index (χ0) is 21.3. The molecule has 0 saturated carbocycles. The van der Waals surface area contributed by atoms with E-state index in [1.807, 2.05) is 60.7 Å². The Morgan fingerprint density at radius 3 is 2.40 bits per heavy atom. The predicted molar refractivity (Wildman–Crippen MR) is 115 cm³/mol. The van der Waals surface area contributed by atoms with Crippen LogP contribution in [0.2, 0.25) is 0 Å². The lowest BCUT2D eigenvalue weighted by Crippen LogP contribution is -2.42. The van der Waals surface area contributed by atoms with Crippen LogP contribution in [0.25, 0.3) is 5.76 Å². The van der Waals surface area contributed by atoms with Gasteiger partial charge in [-0.1, -0.05) is 60.7 Å². The van der Waals surface area contributed by atoms with Crippen molar-refractivity contribution >= 4 is 29.1 Å². The number of methoxy groups -OCH3 is 1. The summed E-state index contributed by atoms with van der Waals surface area (Å²) in [7, 11) is 1.27. The van der Waals surface area contributed by atoms with Gasteiger partial charge in [0.2, 0.25) is 0 Å². The molecular formula is C23H17N3O3S. The first kappa shape index (κ1) is 19.4. The number of ether oxygens (including phenoxy) is 2. The van der Waals surface area contributed by atoms with Gasteiger partial charge in [0.25, 0.3) is 5.17 Å². The average molecular weight is 415 g/mol. The second-order valence-electron chi connectivity index (χ2n) is 6.62. The van der Waals surface area contributed by atoms with E-state index in [0.717, 1.165) is 11.1 Å². The van der Waals surface area contributed by atoms with Gasteiger partial charge in [-0.2, -0.15) is 5.26 Å². The van der Waals surface area contributed by atoms with E-state index in [1.54, 1.807) is 6.08 Å². The predicted octanol–water partition coefficient (Wildman–Crippen LogP) is 3.56. The van der Waals surface area contributed by atoms with E-state index in [2.05, 4.69) is 6.07 Å². The Morgan fingerprint density at radius 1 is 1.17 bits per heavy atom. The highest BCUT2D eigenvalue weighted by Crippen LogP contribution is 2.44. The summed E-state index contributed by atoms with van der Waals surface area (Å²) in [5.74, 6) is -0.739. The smallest absolute Gasteiger partial charge is 0.338 e. The fourth-order valence-corrected chi connectivity index (χ4v) is 3.91. The molecule has 7 heteroatoms. The van der Waals surface area contributed by atoms with Crippen molar-refractivity contribution in [3.05, 3.63) is 101 Å². The summed E-state index contributed by atoms with van der Waals surface area (Å²) in [6.07, 6.45) is 1.72. The number of allylic oxidation sites excluding steroid dienone is 2. The highest BCUT2D eigenvalue weighted by atomic mass is 32.1. The minimum Gasteiger partial charge on any atom is -0.466 e. The van der Waals surface area contributed by atoms with Crippen molar-refractivity contribution in [3.8, 4) is 6.07 Å². The fourth-order valence-electron chi connectivity index (χ4n) is 3.62. The van der Waals surface area contributed by atoms with Gasteiger partial charge in [0.05, 0.1) is 35.9 Å². The number of hydrogen-bond acceptors (Lipinski definition) is 6. The third-order valence-corrected chi connectivity index (χ3v) is 5.24. The molecule has 148 valence electrons. The molecule has 2 aliphatic heterocycles. The van der Waals surface area contributed by atoms with E-state index in [0.29, 0.717) is 17.0 Å². The van der Waals surface area contributed by atoms with Crippen molar-refractivity contribution in [2.24, 2.45) is 5.73 Å². The number of carbonyl (C=O) groups excluding carboxylic acids is 1. The lowest BCUT2D eigenvalue weighted by molar-refractivity contribution is -0.136. The van der Waals surface area contributed by atoms with Crippen LogP contribution in [0.4, 0.5) is 0 Å². The number of nitrogens with two attached hydrogens (primary N) is 1. The molecule has 0 aliphatic carbocycles. The molecule has 1 atom stereocenters. The summed E-state index contributed by atoms with van der Waals surface area (Å²) >= 11 is 5.44. The number of rotatable bonds is 3.